The Kier molecular flexibility index (Phi) is 3.19. The van der Waals surface area contributed by atoms with Gasteiger partial charge in [-0.1, -0.05) is 24.3 Å². The molecule has 0 aliphatic heterocycles. The van der Waals surface area contributed by atoms with Crippen molar-refractivity contribution < 1.29 is 4.79 Å². The summed E-state index contributed by atoms with van der Waals surface area (Å²) < 4.78 is 0. The summed E-state index contributed by atoms with van der Waals surface area (Å²) in [5.41, 5.74) is 13.8. The van der Waals surface area contributed by atoms with Crippen LogP contribution in [-0.4, -0.2) is 13.0 Å². The second kappa shape index (κ2) is 4.79. The molecule has 0 fully saturated rings. The number of hydrogen-bond acceptors (Lipinski definition) is 3. The van der Waals surface area contributed by atoms with Gasteiger partial charge in [0.1, 0.15) is 0 Å². The maximum Gasteiger partial charge on any atom is 0.260 e. The lowest BCUT2D eigenvalue weighted by molar-refractivity contribution is 0.0994. The molecule has 0 saturated carbocycles. The van der Waals surface area contributed by atoms with E-state index in [1.807, 2.05) is 12.1 Å². The van der Waals surface area contributed by atoms with Gasteiger partial charge in [-0.25, -0.2) is 0 Å². The Morgan fingerprint density at radius 3 is 2.11 bits per heavy atom. The van der Waals surface area contributed by atoms with Gasteiger partial charge < -0.3 is 16.4 Å². The maximum atomic E-state index is 12.3. The Labute approximate surface area is 106 Å². The van der Waals surface area contributed by atoms with Crippen LogP contribution in [0.1, 0.15) is 10.4 Å². The predicted octanol–water partition coefficient (Wildman–Crippen LogP) is 2.13. The molecule has 92 valence electrons. The minimum absolute atomic E-state index is 0.175. The number of rotatable bonds is 2. The van der Waals surface area contributed by atoms with Gasteiger partial charge in [0.05, 0.1) is 16.9 Å². The molecular formula is C14H15N3O. The molecule has 0 heterocycles. The summed E-state index contributed by atoms with van der Waals surface area (Å²) in [4.78, 5) is 13.8. The van der Waals surface area contributed by atoms with Crippen LogP contribution in [0.3, 0.4) is 0 Å². The highest BCUT2D eigenvalue weighted by molar-refractivity contribution is 6.10. The Morgan fingerprint density at radius 2 is 1.50 bits per heavy atom. The lowest BCUT2D eigenvalue weighted by Crippen LogP contribution is -2.27. The summed E-state index contributed by atoms with van der Waals surface area (Å²) in [6.45, 7) is 0. The molecule has 2 rings (SSSR count). The molecule has 0 aliphatic carbocycles. The van der Waals surface area contributed by atoms with E-state index in [1.54, 1.807) is 43.4 Å². The lowest BCUT2D eigenvalue weighted by Gasteiger charge is -2.19. The minimum Gasteiger partial charge on any atom is -0.398 e. The van der Waals surface area contributed by atoms with Crippen molar-refractivity contribution in [3.05, 3.63) is 54.1 Å². The number of anilines is 3. The van der Waals surface area contributed by atoms with Crippen molar-refractivity contribution in [2.24, 2.45) is 0 Å². The summed E-state index contributed by atoms with van der Waals surface area (Å²) in [5, 5.41) is 0. The van der Waals surface area contributed by atoms with Crippen LogP contribution in [0.5, 0.6) is 0 Å². The number of benzene rings is 2. The predicted molar refractivity (Wildman–Crippen MR) is 74.4 cm³/mol. The van der Waals surface area contributed by atoms with Gasteiger partial charge >= 0.3 is 0 Å². The van der Waals surface area contributed by atoms with E-state index in [0.29, 0.717) is 22.6 Å². The van der Waals surface area contributed by atoms with Gasteiger partial charge in [-0.15, -0.1) is 0 Å². The first-order chi connectivity index (χ1) is 8.61. The summed E-state index contributed by atoms with van der Waals surface area (Å²) in [5.74, 6) is -0.175. The molecule has 2 aromatic rings. The highest BCUT2D eigenvalue weighted by Gasteiger charge is 2.16. The van der Waals surface area contributed by atoms with E-state index in [-0.39, 0.29) is 5.91 Å². The highest BCUT2D eigenvalue weighted by Crippen LogP contribution is 2.24. The van der Waals surface area contributed by atoms with Gasteiger partial charge in [0.2, 0.25) is 0 Å². The number of carbonyl (C=O) groups is 1. The third-order valence-corrected chi connectivity index (χ3v) is 2.79. The maximum absolute atomic E-state index is 12.3. The van der Waals surface area contributed by atoms with Crippen molar-refractivity contribution in [2.45, 2.75) is 0 Å². The number of nitrogens with zero attached hydrogens (tertiary/aromatic N) is 1. The van der Waals surface area contributed by atoms with E-state index in [9.17, 15) is 4.79 Å². The van der Waals surface area contributed by atoms with Gasteiger partial charge in [-0.05, 0) is 24.3 Å². The Balaban J connectivity index is 2.36. The summed E-state index contributed by atoms with van der Waals surface area (Å²) in [6, 6.07) is 14.2. The first-order valence-corrected chi connectivity index (χ1v) is 5.58. The Morgan fingerprint density at radius 1 is 0.944 bits per heavy atom. The first kappa shape index (κ1) is 12.0. The normalized spacial score (nSPS) is 10.1. The van der Waals surface area contributed by atoms with Gasteiger partial charge in [-0.2, -0.15) is 0 Å². The van der Waals surface area contributed by atoms with E-state index in [1.165, 1.54) is 4.90 Å². The van der Waals surface area contributed by atoms with E-state index in [4.69, 9.17) is 11.5 Å². The standard InChI is InChI=1S/C14H15N3O/c1-17(13-9-5-4-8-12(13)16)14(18)10-6-2-3-7-11(10)15/h2-9H,15-16H2,1H3. The number of nitrogens with two attached hydrogens (primary N) is 2. The van der Waals surface area contributed by atoms with Crippen LogP contribution >= 0.6 is 0 Å². The van der Waals surface area contributed by atoms with Crippen molar-refractivity contribution in [2.75, 3.05) is 23.4 Å². The first-order valence-electron chi connectivity index (χ1n) is 5.58. The molecule has 1 amide bonds. The van der Waals surface area contributed by atoms with Gasteiger partial charge in [-0.3, -0.25) is 4.79 Å². The molecule has 18 heavy (non-hydrogen) atoms. The lowest BCUT2D eigenvalue weighted by atomic mass is 10.1. The van der Waals surface area contributed by atoms with Gasteiger partial charge in [0.15, 0.2) is 0 Å². The molecule has 0 unspecified atom stereocenters. The zero-order chi connectivity index (χ0) is 13.1. The molecular weight excluding hydrogens is 226 g/mol. The number of nitrogen functional groups attached to an aromatic ring is 2. The van der Waals surface area contributed by atoms with Crippen LogP contribution in [0.25, 0.3) is 0 Å². The fourth-order valence-electron chi connectivity index (χ4n) is 1.77. The molecule has 0 saturated heterocycles. The van der Waals surface area contributed by atoms with Crippen molar-refractivity contribution in [1.82, 2.24) is 0 Å². The number of para-hydroxylation sites is 3. The van der Waals surface area contributed by atoms with Crippen molar-refractivity contribution >= 4 is 23.0 Å². The topological polar surface area (TPSA) is 72.3 Å². The Bertz CT molecular complexity index is 581. The molecule has 4 nitrogen and oxygen atoms in total. The molecule has 0 spiro atoms. The van der Waals surface area contributed by atoms with Gasteiger partial charge in [0.25, 0.3) is 5.91 Å². The summed E-state index contributed by atoms with van der Waals surface area (Å²) in [7, 11) is 1.68. The van der Waals surface area contributed by atoms with E-state index < -0.39 is 0 Å². The van der Waals surface area contributed by atoms with Crippen LogP contribution < -0.4 is 16.4 Å². The second-order valence-corrected chi connectivity index (χ2v) is 4.01. The van der Waals surface area contributed by atoms with Crippen molar-refractivity contribution in [3.63, 3.8) is 0 Å². The molecule has 0 atom stereocenters. The monoisotopic (exact) mass is 241 g/mol. The second-order valence-electron chi connectivity index (χ2n) is 4.01. The SMILES string of the molecule is CN(C(=O)c1ccccc1N)c1ccccc1N. The fraction of sp³-hybridized carbons (Fsp3) is 0.0714. The van der Waals surface area contributed by atoms with Gasteiger partial charge in [0, 0.05) is 12.7 Å². The fourth-order valence-corrected chi connectivity index (χ4v) is 1.77. The quantitative estimate of drug-likeness (QED) is 0.791. The molecule has 4 N–H and O–H groups in total. The van der Waals surface area contributed by atoms with E-state index in [2.05, 4.69) is 0 Å². The van der Waals surface area contributed by atoms with E-state index >= 15 is 0 Å². The molecule has 0 aliphatic rings. The molecule has 2 aromatic carbocycles. The van der Waals surface area contributed by atoms with Crippen LogP contribution in [0.15, 0.2) is 48.5 Å². The smallest absolute Gasteiger partial charge is 0.260 e. The number of carbonyl (C=O) groups excluding carboxylic acids is 1. The van der Waals surface area contributed by atoms with Crippen molar-refractivity contribution in [1.29, 1.82) is 0 Å². The zero-order valence-electron chi connectivity index (χ0n) is 10.1. The molecule has 4 heteroatoms. The third-order valence-electron chi connectivity index (χ3n) is 2.79. The zero-order valence-corrected chi connectivity index (χ0v) is 10.1. The van der Waals surface area contributed by atoms with E-state index in [0.717, 1.165) is 0 Å². The Hall–Kier alpha value is -2.49. The summed E-state index contributed by atoms with van der Waals surface area (Å²) >= 11 is 0. The van der Waals surface area contributed by atoms with Crippen LogP contribution in [0.2, 0.25) is 0 Å². The average molecular weight is 241 g/mol. The number of hydrogen-bond donors (Lipinski definition) is 2. The van der Waals surface area contributed by atoms with Crippen LogP contribution in [0.4, 0.5) is 17.1 Å². The third kappa shape index (κ3) is 2.13. The summed E-state index contributed by atoms with van der Waals surface area (Å²) in [6.07, 6.45) is 0. The van der Waals surface area contributed by atoms with Crippen LogP contribution in [0, 0.1) is 0 Å². The number of amides is 1. The van der Waals surface area contributed by atoms with Crippen LogP contribution in [-0.2, 0) is 0 Å². The largest absolute Gasteiger partial charge is 0.398 e. The molecule has 0 radical (unpaired) electrons. The minimum atomic E-state index is -0.175. The average Bonchev–Trinajstić information content (AvgIpc) is 2.38. The van der Waals surface area contributed by atoms with Crippen molar-refractivity contribution in [3.8, 4) is 0 Å². The molecule has 0 bridgehead atoms. The highest BCUT2D eigenvalue weighted by atomic mass is 16.2. The molecule has 0 aromatic heterocycles.